The molecule has 1 aliphatic rings. The van der Waals surface area contributed by atoms with E-state index in [1.807, 2.05) is 0 Å². The minimum Gasteiger partial charge on any atom is -0.454 e. The van der Waals surface area contributed by atoms with Gasteiger partial charge in [0.2, 0.25) is 12.7 Å². The van der Waals surface area contributed by atoms with E-state index in [0.29, 0.717) is 11.5 Å². The predicted octanol–water partition coefficient (Wildman–Crippen LogP) is 0.465. The third-order valence-electron chi connectivity index (χ3n) is 2.92. The average molecular weight is 285 g/mol. The van der Waals surface area contributed by atoms with Crippen molar-refractivity contribution in [3.8, 4) is 11.5 Å². The van der Waals surface area contributed by atoms with Crippen molar-refractivity contribution >= 4 is 15.7 Å². The minimum atomic E-state index is -3.37. The van der Waals surface area contributed by atoms with Crippen LogP contribution < -0.4 is 14.8 Å². The zero-order valence-corrected chi connectivity index (χ0v) is 11.5. The number of hydrogen-bond acceptors (Lipinski definition) is 5. The molecule has 0 unspecified atom stereocenters. The Bertz CT molecular complexity index is 596. The third kappa shape index (κ3) is 3.17. The molecule has 1 N–H and O–H groups in total. The van der Waals surface area contributed by atoms with Crippen molar-refractivity contribution < 1.29 is 22.7 Å². The highest BCUT2D eigenvalue weighted by Gasteiger charge is 2.23. The molecule has 0 aromatic heterocycles. The third-order valence-corrected chi connectivity index (χ3v) is 4.41. The zero-order chi connectivity index (χ0) is 14.0. The van der Waals surface area contributed by atoms with Gasteiger partial charge >= 0.3 is 0 Å². The first-order valence-corrected chi connectivity index (χ1v) is 7.68. The summed E-state index contributed by atoms with van der Waals surface area (Å²) in [5, 5.41) is 1.53. The van der Waals surface area contributed by atoms with Crippen LogP contribution in [0.3, 0.4) is 0 Å². The number of ether oxygens (including phenoxy) is 2. The van der Waals surface area contributed by atoms with E-state index in [-0.39, 0.29) is 13.3 Å². The molecule has 7 heteroatoms. The number of benzene rings is 1. The van der Waals surface area contributed by atoms with Gasteiger partial charge in [0.05, 0.1) is 0 Å². The maximum atomic E-state index is 11.7. The molecule has 1 aliphatic heterocycles. The van der Waals surface area contributed by atoms with E-state index in [1.54, 1.807) is 18.2 Å². The summed E-state index contributed by atoms with van der Waals surface area (Å²) in [7, 11) is -3.37. The second kappa shape index (κ2) is 5.08. The fraction of sp³-hybridized carbons (Fsp3) is 0.417. The van der Waals surface area contributed by atoms with Gasteiger partial charge in [-0.2, -0.15) is 0 Å². The van der Waals surface area contributed by atoms with E-state index in [9.17, 15) is 13.2 Å². The lowest BCUT2D eigenvalue weighted by atomic mass is 10.2. The van der Waals surface area contributed by atoms with Crippen LogP contribution in [0.4, 0.5) is 0 Å². The van der Waals surface area contributed by atoms with Gasteiger partial charge in [0.15, 0.2) is 21.3 Å². The Morgan fingerprint density at radius 3 is 2.74 bits per heavy atom. The van der Waals surface area contributed by atoms with Gasteiger partial charge in [-0.25, -0.2) is 8.42 Å². The fourth-order valence-electron chi connectivity index (χ4n) is 1.58. The second-order valence-corrected chi connectivity index (χ2v) is 6.74. The van der Waals surface area contributed by atoms with Crippen LogP contribution in [0.5, 0.6) is 11.5 Å². The molecule has 0 radical (unpaired) electrons. The molecular formula is C12H15NO5S. The average Bonchev–Trinajstić information content (AvgIpc) is 2.81. The van der Waals surface area contributed by atoms with Gasteiger partial charge in [-0.15, -0.1) is 0 Å². The maximum Gasteiger partial charge on any atom is 0.238 e. The molecular weight excluding hydrogens is 270 g/mol. The van der Waals surface area contributed by atoms with Gasteiger partial charge in [-0.05, 0) is 24.6 Å². The van der Waals surface area contributed by atoms with Crippen molar-refractivity contribution in [2.24, 2.45) is 0 Å². The van der Waals surface area contributed by atoms with Gasteiger partial charge in [-0.3, -0.25) is 4.79 Å². The van der Waals surface area contributed by atoms with Gasteiger partial charge in [-0.1, -0.05) is 6.07 Å². The molecule has 1 amide bonds. The molecule has 1 atom stereocenters. The molecule has 0 aliphatic carbocycles. The van der Waals surface area contributed by atoms with Crippen molar-refractivity contribution in [2.75, 3.05) is 13.0 Å². The summed E-state index contributed by atoms with van der Waals surface area (Å²) in [5.74, 6) is 0.780. The summed E-state index contributed by atoms with van der Waals surface area (Å²) >= 11 is 0. The topological polar surface area (TPSA) is 81.7 Å². The molecule has 0 saturated heterocycles. The standard InChI is InChI=1S/C12H15NO5S/c1-8(19(2,15)16)12(14)13-6-9-3-4-10-11(5-9)18-7-17-10/h3-5,8H,6-7H2,1-2H3,(H,13,14)/t8-/m0/s1. The lowest BCUT2D eigenvalue weighted by molar-refractivity contribution is -0.120. The molecule has 19 heavy (non-hydrogen) atoms. The smallest absolute Gasteiger partial charge is 0.238 e. The van der Waals surface area contributed by atoms with Crippen LogP contribution in [0.25, 0.3) is 0 Å². The number of hydrogen-bond donors (Lipinski definition) is 1. The maximum absolute atomic E-state index is 11.7. The van der Waals surface area contributed by atoms with Gasteiger partial charge in [0.25, 0.3) is 0 Å². The van der Waals surface area contributed by atoms with Crippen molar-refractivity contribution in [1.82, 2.24) is 5.32 Å². The van der Waals surface area contributed by atoms with E-state index >= 15 is 0 Å². The summed E-state index contributed by atoms with van der Waals surface area (Å²) < 4.78 is 32.9. The summed E-state index contributed by atoms with van der Waals surface area (Å²) in [6.45, 7) is 1.80. The molecule has 0 saturated carbocycles. The number of carbonyl (C=O) groups excluding carboxylic acids is 1. The number of fused-ring (bicyclic) bond motifs is 1. The number of nitrogens with one attached hydrogen (secondary N) is 1. The van der Waals surface area contributed by atoms with Crippen LogP contribution >= 0.6 is 0 Å². The Labute approximate surface area is 111 Å². The monoisotopic (exact) mass is 285 g/mol. The van der Waals surface area contributed by atoms with Crippen LogP contribution in [0, 0.1) is 0 Å². The van der Waals surface area contributed by atoms with E-state index in [1.165, 1.54) is 6.92 Å². The van der Waals surface area contributed by atoms with Crippen molar-refractivity contribution in [2.45, 2.75) is 18.7 Å². The Balaban J connectivity index is 1.98. The van der Waals surface area contributed by atoms with E-state index in [0.717, 1.165) is 11.8 Å². The molecule has 104 valence electrons. The molecule has 1 heterocycles. The SMILES string of the molecule is C[C@@H](C(=O)NCc1ccc2c(c1)OCO2)S(C)(=O)=O. The summed E-state index contributed by atoms with van der Waals surface area (Å²) in [6.07, 6.45) is 1.04. The molecule has 0 fully saturated rings. The van der Waals surface area contributed by atoms with Crippen molar-refractivity contribution in [3.63, 3.8) is 0 Å². The van der Waals surface area contributed by atoms with Crippen LogP contribution in [0.15, 0.2) is 18.2 Å². The van der Waals surface area contributed by atoms with Crippen molar-refractivity contribution in [3.05, 3.63) is 23.8 Å². The Hall–Kier alpha value is -1.76. The lowest BCUT2D eigenvalue weighted by Crippen LogP contribution is -2.36. The van der Waals surface area contributed by atoms with Crippen LogP contribution in [0.2, 0.25) is 0 Å². The normalized spacial score (nSPS) is 15.1. The zero-order valence-electron chi connectivity index (χ0n) is 10.7. The predicted molar refractivity (Wildman–Crippen MR) is 68.7 cm³/mol. The summed E-state index contributed by atoms with van der Waals surface area (Å²) in [5.41, 5.74) is 0.818. The molecule has 1 aromatic rings. The highest BCUT2D eigenvalue weighted by atomic mass is 32.2. The second-order valence-electron chi connectivity index (χ2n) is 4.38. The first kappa shape index (κ1) is 13.7. The Kier molecular flexibility index (Phi) is 3.66. The van der Waals surface area contributed by atoms with E-state index < -0.39 is 21.0 Å². The van der Waals surface area contributed by atoms with E-state index in [2.05, 4.69) is 5.32 Å². The molecule has 0 bridgehead atoms. The Morgan fingerprint density at radius 2 is 2.05 bits per heavy atom. The lowest BCUT2D eigenvalue weighted by Gasteiger charge is -2.10. The molecule has 2 rings (SSSR count). The Morgan fingerprint density at radius 1 is 1.37 bits per heavy atom. The first-order chi connectivity index (χ1) is 8.88. The quantitative estimate of drug-likeness (QED) is 0.869. The largest absolute Gasteiger partial charge is 0.454 e. The van der Waals surface area contributed by atoms with E-state index in [4.69, 9.17) is 9.47 Å². The number of amides is 1. The van der Waals surface area contributed by atoms with Gasteiger partial charge in [0, 0.05) is 12.8 Å². The summed E-state index contributed by atoms with van der Waals surface area (Å²) in [4.78, 5) is 11.7. The minimum absolute atomic E-state index is 0.191. The van der Waals surface area contributed by atoms with Crippen molar-refractivity contribution in [1.29, 1.82) is 0 Å². The first-order valence-electron chi connectivity index (χ1n) is 5.73. The highest BCUT2D eigenvalue weighted by Crippen LogP contribution is 2.32. The van der Waals surface area contributed by atoms with Crippen LogP contribution in [-0.4, -0.2) is 32.6 Å². The number of sulfone groups is 1. The summed E-state index contributed by atoms with van der Waals surface area (Å²) in [6, 6.07) is 5.30. The number of carbonyl (C=O) groups is 1. The molecule has 6 nitrogen and oxygen atoms in total. The molecule has 0 spiro atoms. The van der Waals surface area contributed by atoms with Crippen LogP contribution in [0.1, 0.15) is 12.5 Å². The molecule has 1 aromatic carbocycles. The van der Waals surface area contributed by atoms with Gasteiger partial charge in [0.1, 0.15) is 5.25 Å². The van der Waals surface area contributed by atoms with Gasteiger partial charge < -0.3 is 14.8 Å². The highest BCUT2D eigenvalue weighted by molar-refractivity contribution is 7.92. The fourth-order valence-corrected chi connectivity index (χ4v) is 2.05. The number of rotatable bonds is 4. The van der Waals surface area contributed by atoms with Crippen LogP contribution in [-0.2, 0) is 21.2 Å².